The highest BCUT2D eigenvalue weighted by molar-refractivity contribution is 7.98. The van der Waals surface area contributed by atoms with Gasteiger partial charge in [0.25, 0.3) is 0 Å². The molecule has 2 aromatic rings. The van der Waals surface area contributed by atoms with Crippen LogP contribution < -0.4 is 5.32 Å². The number of Topliss-reactive ketones (excluding diaryl/α,β-unsaturated/α-hetero) is 1. The van der Waals surface area contributed by atoms with Crippen molar-refractivity contribution in [3.63, 3.8) is 0 Å². The van der Waals surface area contributed by atoms with Gasteiger partial charge in [0, 0.05) is 23.1 Å². The summed E-state index contributed by atoms with van der Waals surface area (Å²) in [7, 11) is 0. The molecule has 0 bridgehead atoms. The number of anilines is 1. The smallest absolute Gasteiger partial charge is 0.338 e. The number of hydrogen-bond donors (Lipinski definition) is 1. The Bertz CT molecular complexity index is 756. The van der Waals surface area contributed by atoms with E-state index in [0.717, 1.165) is 4.90 Å². The van der Waals surface area contributed by atoms with Crippen LogP contribution in [0.1, 0.15) is 27.6 Å². The predicted molar refractivity (Wildman–Crippen MR) is 93.6 cm³/mol. The standard InChI is InChI=1S/C18H17NO4S/c1-12(20)19-15-5-3-4-14(10-15)18(22)23-11-17(21)13-6-8-16(24-2)9-7-13/h3-10H,11H2,1-2H3,(H,19,20). The zero-order valence-corrected chi connectivity index (χ0v) is 14.2. The highest BCUT2D eigenvalue weighted by Crippen LogP contribution is 2.16. The van der Waals surface area contributed by atoms with E-state index in [1.807, 2.05) is 18.4 Å². The molecule has 0 radical (unpaired) electrons. The largest absolute Gasteiger partial charge is 0.454 e. The molecule has 0 spiro atoms. The van der Waals surface area contributed by atoms with Gasteiger partial charge in [0.1, 0.15) is 0 Å². The second kappa shape index (κ2) is 8.31. The van der Waals surface area contributed by atoms with Gasteiger partial charge in [-0.05, 0) is 36.6 Å². The number of thioether (sulfide) groups is 1. The van der Waals surface area contributed by atoms with Crippen LogP contribution in [-0.2, 0) is 9.53 Å². The van der Waals surface area contributed by atoms with E-state index in [-0.39, 0.29) is 23.9 Å². The van der Waals surface area contributed by atoms with Crippen LogP contribution in [-0.4, -0.2) is 30.5 Å². The SMILES string of the molecule is CSc1ccc(C(=O)COC(=O)c2cccc(NC(C)=O)c2)cc1. The summed E-state index contributed by atoms with van der Waals surface area (Å²) in [4.78, 5) is 36.2. The molecule has 6 heteroatoms. The lowest BCUT2D eigenvalue weighted by molar-refractivity contribution is -0.114. The quantitative estimate of drug-likeness (QED) is 0.494. The molecule has 0 atom stereocenters. The van der Waals surface area contributed by atoms with E-state index in [4.69, 9.17) is 4.74 Å². The lowest BCUT2D eigenvalue weighted by Gasteiger charge is -2.07. The molecule has 0 unspecified atom stereocenters. The summed E-state index contributed by atoms with van der Waals surface area (Å²) in [6, 6.07) is 13.5. The maximum atomic E-state index is 12.1. The summed E-state index contributed by atoms with van der Waals surface area (Å²) in [5.41, 5.74) is 1.26. The molecule has 1 N–H and O–H groups in total. The van der Waals surface area contributed by atoms with Crippen molar-refractivity contribution in [2.24, 2.45) is 0 Å². The molecular weight excluding hydrogens is 326 g/mol. The minimum Gasteiger partial charge on any atom is -0.454 e. The first-order valence-corrected chi connectivity index (χ1v) is 8.44. The third kappa shape index (κ3) is 4.96. The number of ketones is 1. The van der Waals surface area contributed by atoms with Crippen LogP contribution in [0.2, 0.25) is 0 Å². The van der Waals surface area contributed by atoms with Crippen molar-refractivity contribution < 1.29 is 19.1 Å². The molecule has 2 aromatic carbocycles. The first kappa shape index (κ1) is 17.7. The molecule has 124 valence electrons. The van der Waals surface area contributed by atoms with E-state index in [9.17, 15) is 14.4 Å². The van der Waals surface area contributed by atoms with E-state index >= 15 is 0 Å². The van der Waals surface area contributed by atoms with Crippen LogP contribution in [0, 0.1) is 0 Å². The van der Waals surface area contributed by atoms with Gasteiger partial charge < -0.3 is 10.1 Å². The van der Waals surface area contributed by atoms with E-state index in [2.05, 4.69) is 5.32 Å². The molecule has 0 saturated carbocycles. The average molecular weight is 343 g/mol. The second-order valence-corrected chi connectivity index (χ2v) is 5.87. The van der Waals surface area contributed by atoms with Crippen LogP contribution in [0.4, 0.5) is 5.69 Å². The van der Waals surface area contributed by atoms with E-state index in [1.165, 1.54) is 13.0 Å². The van der Waals surface area contributed by atoms with Gasteiger partial charge >= 0.3 is 5.97 Å². The minimum absolute atomic E-state index is 0.232. The Morgan fingerprint density at radius 2 is 1.75 bits per heavy atom. The van der Waals surface area contributed by atoms with Crippen LogP contribution >= 0.6 is 11.8 Å². The number of carbonyl (C=O) groups is 3. The first-order valence-electron chi connectivity index (χ1n) is 7.21. The third-order valence-corrected chi connectivity index (χ3v) is 3.91. The number of benzene rings is 2. The van der Waals surface area contributed by atoms with Gasteiger partial charge in [-0.25, -0.2) is 4.79 Å². The summed E-state index contributed by atoms with van der Waals surface area (Å²) < 4.78 is 5.05. The van der Waals surface area contributed by atoms with Gasteiger partial charge in [0.15, 0.2) is 12.4 Å². The zero-order chi connectivity index (χ0) is 17.5. The normalized spacial score (nSPS) is 10.1. The van der Waals surface area contributed by atoms with Gasteiger partial charge in [0.2, 0.25) is 5.91 Å². The monoisotopic (exact) mass is 343 g/mol. The molecule has 0 aliphatic carbocycles. The summed E-state index contributed by atoms with van der Waals surface area (Å²) in [6.45, 7) is 1.05. The fraction of sp³-hybridized carbons (Fsp3) is 0.167. The van der Waals surface area contributed by atoms with Crippen LogP contribution in [0.5, 0.6) is 0 Å². The Labute approximate surface area is 144 Å². The fourth-order valence-corrected chi connectivity index (χ4v) is 2.41. The maximum absolute atomic E-state index is 12.1. The van der Waals surface area contributed by atoms with Gasteiger partial charge in [0.05, 0.1) is 5.56 Å². The van der Waals surface area contributed by atoms with Gasteiger partial charge in [-0.2, -0.15) is 0 Å². The van der Waals surface area contributed by atoms with E-state index < -0.39 is 5.97 Å². The number of rotatable bonds is 6. The van der Waals surface area contributed by atoms with Gasteiger partial charge in [-0.1, -0.05) is 18.2 Å². The number of esters is 1. The Kier molecular flexibility index (Phi) is 6.14. The summed E-state index contributed by atoms with van der Waals surface area (Å²) in [5.74, 6) is -1.12. The highest BCUT2D eigenvalue weighted by Gasteiger charge is 2.12. The lowest BCUT2D eigenvalue weighted by Crippen LogP contribution is -2.14. The average Bonchev–Trinajstić information content (AvgIpc) is 2.59. The van der Waals surface area contributed by atoms with Crippen LogP contribution in [0.15, 0.2) is 53.4 Å². The molecule has 0 aromatic heterocycles. The molecule has 2 rings (SSSR count). The van der Waals surface area contributed by atoms with Crippen molar-refractivity contribution in [3.05, 3.63) is 59.7 Å². The Morgan fingerprint density at radius 3 is 2.38 bits per heavy atom. The van der Waals surface area contributed by atoms with Crippen LogP contribution in [0.25, 0.3) is 0 Å². The lowest BCUT2D eigenvalue weighted by atomic mass is 10.1. The Balaban J connectivity index is 1.96. The predicted octanol–water partition coefficient (Wildman–Crippen LogP) is 3.41. The Hall–Kier alpha value is -2.60. The van der Waals surface area contributed by atoms with Crippen molar-refractivity contribution in [1.29, 1.82) is 0 Å². The molecule has 0 aliphatic rings. The van der Waals surface area contributed by atoms with Crippen molar-refractivity contribution >= 4 is 35.1 Å². The van der Waals surface area contributed by atoms with Gasteiger partial charge in [-0.3, -0.25) is 9.59 Å². The molecule has 0 fully saturated rings. The topological polar surface area (TPSA) is 72.5 Å². The molecule has 0 aliphatic heterocycles. The van der Waals surface area contributed by atoms with Crippen molar-refractivity contribution in [2.45, 2.75) is 11.8 Å². The summed E-state index contributed by atoms with van der Waals surface area (Å²) in [5, 5.41) is 2.59. The first-order chi connectivity index (χ1) is 11.5. The Morgan fingerprint density at radius 1 is 1.04 bits per heavy atom. The van der Waals surface area contributed by atoms with Crippen molar-refractivity contribution in [1.82, 2.24) is 0 Å². The second-order valence-electron chi connectivity index (χ2n) is 4.99. The fourth-order valence-electron chi connectivity index (χ4n) is 2.00. The summed E-state index contributed by atoms with van der Waals surface area (Å²) >= 11 is 1.58. The maximum Gasteiger partial charge on any atom is 0.338 e. The molecular formula is C18H17NO4S. The van der Waals surface area contributed by atoms with E-state index in [1.54, 1.807) is 42.1 Å². The molecule has 5 nitrogen and oxygen atoms in total. The minimum atomic E-state index is -0.615. The molecule has 0 saturated heterocycles. The number of amides is 1. The molecule has 24 heavy (non-hydrogen) atoms. The number of nitrogens with one attached hydrogen (secondary N) is 1. The van der Waals surface area contributed by atoms with Crippen molar-refractivity contribution in [2.75, 3.05) is 18.2 Å². The van der Waals surface area contributed by atoms with Crippen molar-refractivity contribution in [3.8, 4) is 0 Å². The molecule has 0 heterocycles. The summed E-state index contributed by atoms with van der Waals surface area (Å²) in [6.07, 6.45) is 1.95. The van der Waals surface area contributed by atoms with Crippen LogP contribution in [0.3, 0.4) is 0 Å². The number of ether oxygens (including phenoxy) is 1. The number of carbonyl (C=O) groups excluding carboxylic acids is 3. The zero-order valence-electron chi connectivity index (χ0n) is 13.4. The van der Waals surface area contributed by atoms with E-state index in [0.29, 0.717) is 11.3 Å². The molecule has 1 amide bonds. The third-order valence-electron chi connectivity index (χ3n) is 3.16. The number of hydrogen-bond acceptors (Lipinski definition) is 5. The van der Waals surface area contributed by atoms with Gasteiger partial charge in [-0.15, -0.1) is 11.8 Å². The highest BCUT2D eigenvalue weighted by atomic mass is 32.2.